The number of nitrogens with one attached hydrogen (secondary N) is 1. The summed E-state index contributed by atoms with van der Waals surface area (Å²) >= 11 is 0. The van der Waals surface area contributed by atoms with Gasteiger partial charge in [-0.1, -0.05) is 54.6 Å². The van der Waals surface area contributed by atoms with Gasteiger partial charge in [0.1, 0.15) is 0 Å². The first-order valence-electron chi connectivity index (χ1n) is 8.98. The number of hydrogen-bond donors (Lipinski definition) is 1. The number of hydrogen-bond acceptors (Lipinski definition) is 4. The van der Waals surface area contributed by atoms with Crippen molar-refractivity contribution in [3.8, 4) is 22.4 Å². The molecule has 0 aliphatic rings. The monoisotopic (exact) mass is 402 g/mol. The third-order valence-corrected chi connectivity index (χ3v) is 5.07. The SMILES string of the molecule is CS(=O)(=O)NC(=O)c1ccc(-c2cccc(-c3ccc4ccccc4n3)c2)cc1. The molecule has 29 heavy (non-hydrogen) atoms. The molecule has 4 aromatic rings. The third kappa shape index (κ3) is 4.33. The molecule has 0 aliphatic carbocycles. The number of fused-ring (bicyclic) bond motifs is 1. The first-order chi connectivity index (χ1) is 13.9. The van der Waals surface area contributed by atoms with Gasteiger partial charge in [-0.2, -0.15) is 0 Å². The lowest BCUT2D eigenvalue weighted by Crippen LogP contribution is -2.29. The van der Waals surface area contributed by atoms with Crippen molar-refractivity contribution < 1.29 is 13.2 Å². The molecule has 0 fully saturated rings. The van der Waals surface area contributed by atoms with E-state index in [0.29, 0.717) is 0 Å². The molecule has 5 nitrogen and oxygen atoms in total. The molecule has 0 unspecified atom stereocenters. The Hall–Kier alpha value is -3.51. The predicted octanol–water partition coefficient (Wildman–Crippen LogP) is 4.26. The minimum atomic E-state index is -3.59. The molecule has 0 atom stereocenters. The third-order valence-electron chi connectivity index (χ3n) is 4.52. The van der Waals surface area contributed by atoms with E-state index in [1.807, 2.05) is 59.3 Å². The summed E-state index contributed by atoms with van der Waals surface area (Å²) in [5, 5.41) is 1.09. The van der Waals surface area contributed by atoms with Gasteiger partial charge in [-0.25, -0.2) is 18.1 Å². The summed E-state index contributed by atoms with van der Waals surface area (Å²) in [6.45, 7) is 0. The first kappa shape index (κ1) is 18.8. The van der Waals surface area contributed by atoms with E-state index in [1.54, 1.807) is 24.3 Å². The molecule has 3 aromatic carbocycles. The van der Waals surface area contributed by atoms with Crippen LogP contribution in [0.1, 0.15) is 10.4 Å². The van der Waals surface area contributed by atoms with E-state index in [9.17, 15) is 13.2 Å². The molecule has 0 bridgehead atoms. The van der Waals surface area contributed by atoms with Crippen molar-refractivity contribution in [2.24, 2.45) is 0 Å². The fraction of sp³-hybridized carbons (Fsp3) is 0.0435. The van der Waals surface area contributed by atoms with Crippen LogP contribution >= 0.6 is 0 Å². The van der Waals surface area contributed by atoms with Crippen molar-refractivity contribution in [3.63, 3.8) is 0 Å². The Morgan fingerprint density at radius 2 is 1.52 bits per heavy atom. The van der Waals surface area contributed by atoms with Crippen LogP contribution < -0.4 is 4.72 Å². The van der Waals surface area contributed by atoms with Crippen LogP contribution in [0.15, 0.2) is 84.9 Å². The van der Waals surface area contributed by atoms with Crippen LogP contribution in [0.2, 0.25) is 0 Å². The van der Waals surface area contributed by atoms with Gasteiger partial charge in [-0.15, -0.1) is 0 Å². The minimum absolute atomic E-state index is 0.284. The molecule has 1 N–H and O–H groups in total. The van der Waals surface area contributed by atoms with Crippen LogP contribution in [0, 0.1) is 0 Å². The van der Waals surface area contributed by atoms with Gasteiger partial charge in [-0.3, -0.25) is 4.79 Å². The van der Waals surface area contributed by atoms with Crippen molar-refractivity contribution >= 4 is 26.8 Å². The Morgan fingerprint density at radius 1 is 0.793 bits per heavy atom. The van der Waals surface area contributed by atoms with Gasteiger partial charge in [0.25, 0.3) is 5.91 Å². The van der Waals surface area contributed by atoms with E-state index in [1.165, 1.54) is 0 Å². The second kappa shape index (κ2) is 7.48. The predicted molar refractivity (Wildman–Crippen MR) is 115 cm³/mol. The average Bonchev–Trinajstić information content (AvgIpc) is 2.72. The molecule has 0 saturated heterocycles. The molecule has 0 spiro atoms. The number of nitrogens with zero attached hydrogens (tertiary/aromatic N) is 1. The van der Waals surface area contributed by atoms with Gasteiger partial charge in [0, 0.05) is 16.5 Å². The number of amides is 1. The van der Waals surface area contributed by atoms with Gasteiger partial charge < -0.3 is 0 Å². The van der Waals surface area contributed by atoms with Crippen LogP contribution in [0.3, 0.4) is 0 Å². The zero-order chi connectivity index (χ0) is 20.4. The van der Waals surface area contributed by atoms with E-state index >= 15 is 0 Å². The van der Waals surface area contributed by atoms with Crippen molar-refractivity contribution in [2.45, 2.75) is 0 Å². The smallest absolute Gasteiger partial charge is 0.264 e. The number of sulfonamides is 1. The summed E-state index contributed by atoms with van der Waals surface area (Å²) < 4.78 is 24.4. The van der Waals surface area contributed by atoms with Crippen LogP contribution in [0.5, 0.6) is 0 Å². The lowest BCUT2D eigenvalue weighted by Gasteiger charge is -2.08. The molecule has 1 heterocycles. The maximum absolute atomic E-state index is 12.0. The van der Waals surface area contributed by atoms with Crippen LogP contribution in [-0.2, 0) is 10.0 Å². The summed E-state index contributed by atoms with van der Waals surface area (Å²) in [5.41, 5.74) is 5.00. The molecule has 144 valence electrons. The van der Waals surface area contributed by atoms with Crippen LogP contribution in [0.4, 0.5) is 0 Å². The van der Waals surface area contributed by atoms with Crippen molar-refractivity contribution in [2.75, 3.05) is 6.26 Å². The Balaban J connectivity index is 1.63. The zero-order valence-electron chi connectivity index (χ0n) is 15.7. The van der Waals surface area contributed by atoms with E-state index in [2.05, 4.69) is 6.07 Å². The van der Waals surface area contributed by atoms with Gasteiger partial charge in [0.15, 0.2) is 0 Å². The highest BCUT2D eigenvalue weighted by Crippen LogP contribution is 2.27. The molecule has 6 heteroatoms. The van der Waals surface area contributed by atoms with Gasteiger partial charge >= 0.3 is 0 Å². The van der Waals surface area contributed by atoms with Crippen LogP contribution in [0.25, 0.3) is 33.3 Å². The van der Waals surface area contributed by atoms with Crippen molar-refractivity contribution in [1.29, 1.82) is 0 Å². The number of benzene rings is 3. The van der Waals surface area contributed by atoms with E-state index < -0.39 is 15.9 Å². The quantitative estimate of drug-likeness (QED) is 0.553. The number of carbonyl (C=O) groups is 1. The molecule has 1 amide bonds. The lowest BCUT2D eigenvalue weighted by molar-refractivity contribution is 0.0981. The topological polar surface area (TPSA) is 76.1 Å². The molecule has 0 radical (unpaired) electrons. The Labute approximate surface area is 169 Å². The summed E-state index contributed by atoms with van der Waals surface area (Å²) in [4.78, 5) is 16.7. The Kier molecular flexibility index (Phi) is 4.86. The van der Waals surface area contributed by atoms with Gasteiger partial charge in [0.2, 0.25) is 10.0 Å². The second-order valence-corrected chi connectivity index (χ2v) is 8.50. The fourth-order valence-corrected chi connectivity index (χ4v) is 3.58. The number of pyridine rings is 1. The van der Waals surface area contributed by atoms with E-state index in [4.69, 9.17) is 4.98 Å². The first-order valence-corrected chi connectivity index (χ1v) is 10.9. The number of aromatic nitrogens is 1. The molecule has 1 aromatic heterocycles. The highest BCUT2D eigenvalue weighted by atomic mass is 32.2. The summed E-state index contributed by atoms with van der Waals surface area (Å²) in [7, 11) is -3.59. The molecule has 0 aliphatic heterocycles. The van der Waals surface area contributed by atoms with E-state index in [-0.39, 0.29) is 5.56 Å². The number of para-hydroxylation sites is 1. The van der Waals surface area contributed by atoms with E-state index in [0.717, 1.165) is 39.5 Å². The Morgan fingerprint density at radius 3 is 2.28 bits per heavy atom. The standard InChI is InChI=1S/C23H18N2O3S/c1-29(27,28)25-23(26)18-11-9-16(10-12-18)19-6-4-7-20(15-19)22-14-13-17-5-2-3-8-21(17)24-22/h2-15H,1H3,(H,25,26). The normalized spacial score (nSPS) is 11.3. The number of rotatable bonds is 4. The summed E-state index contributed by atoms with van der Waals surface area (Å²) in [6, 6.07) is 26.8. The van der Waals surface area contributed by atoms with Crippen molar-refractivity contribution in [3.05, 3.63) is 90.5 Å². The highest BCUT2D eigenvalue weighted by Gasteiger charge is 2.11. The molecular formula is C23H18N2O3S. The van der Waals surface area contributed by atoms with Crippen LogP contribution in [-0.4, -0.2) is 25.6 Å². The van der Waals surface area contributed by atoms with Gasteiger partial charge in [-0.05, 0) is 41.5 Å². The van der Waals surface area contributed by atoms with Gasteiger partial charge in [0.05, 0.1) is 17.5 Å². The molecular weight excluding hydrogens is 384 g/mol. The fourth-order valence-electron chi connectivity index (χ4n) is 3.13. The average molecular weight is 402 g/mol. The lowest BCUT2D eigenvalue weighted by atomic mass is 10.00. The maximum Gasteiger partial charge on any atom is 0.264 e. The largest absolute Gasteiger partial charge is 0.268 e. The van der Waals surface area contributed by atoms with Crippen molar-refractivity contribution in [1.82, 2.24) is 9.71 Å². The summed E-state index contributed by atoms with van der Waals surface area (Å²) in [6.07, 6.45) is 0.950. The second-order valence-electron chi connectivity index (χ2n) is 6.75. The molecule has 0 saturated carbocycles. The minimum Gasteiger partial charge on any atom is -0.268 e. The number of carbonyl (C=O) groups excluding carboxylic acids is 1. The molecule has 4 rings (SSSR count). The Bertz CT molecular complexity index is 1310. The highest BCUT2D eigenvalue weighted by molar-refractivity contribution is 7.89. The maximum atomic E-state index is 12.0. The summed E-state index contributed by atoms with van der Waals surface area (Å²) in [5.74, 6) is -0.645. The zero-order valence-corrected chi connectivity index (χ0v) is 16.5.